The molecule has 0 saturated heterocycles. The lowest BCUT2D eigenvalue weighted by molar-refractivity contribution is -0.142. The molecule has 0 aliphatic rings. The van der Waals surface area contributed by atoms with E-state index in [-0.39, 0.29) is 12.0 Å². The molecule has 1 amide bonds. The van der Waals surface area contributed by atoms with E-state index < -0.39 is 11.8 Å². The number of carbonyl (C=O) groups is 2. The average molecular weight is 384 g/mol. The molecule has 0 atom stereocenters. The molecule has 5 nitrogen and oxygen atoms in total. The number of aryl methyl sites for hydroxylation is 1. The molecule has 0 aliphatic carbocycles. The van der Waals surface area contributed by atoms with Crippen molar-refractivity contribution in [2.45, 2.75) is 46.6 Å². The number of esters is 1. The number of nitrogens with one attached hydrogen (secondary N) is 1. The third-order valence-electron chi connectivity index (χ3n) is 4.42. The van der Waals surface area contributed by atoms with Gasteiger partial charge in [0.2, 0.25) is 6.41 Å². The van der Waals surface area contributed by atoms with Crippen LogP contribution >= 0.6 is 0 Å². The highest BCUT2D eigenvalue weighted by molar-refractivity contribution is 5.92. The summed E-state index contributed by atoms with van der Waals surface area (Å²) in [5.74, 6) is -0.815. The molecule has 0 aliphatic heterocycles. The first-order valence-electron chi connectivity index (χ1n) is 8.93. The van der Waals surface area contributed by atoms with E-state index in [4.69, 9.17) is 4.74 Å². The smallest absolute Gasteiger partial charge is 0.302 e. The van der Waals surface area contributed by atoms with Crippen LogP contribution in [0.15, 0.2) is 35.4 Å². The lowest BCUT2D eigenvalue weighted by atomic mass is 9.83. The number of amides is 1. The Morgan fingerprint density at radius 3 is 2.61 bits per heavy atom. The number of carbonyl (C=O) groups excluding carboxylic acids is 2. The van der Waals surface area contributed by atoms with Gasteiger partial charge in [0.1, 0.15) is 12.4 Å². The molecular weight excluding hydrogens is 359 g/mol. The first-order chi connectivity index (χ1) is 13.1. The fraction of sp³-hybridized carbons (Fsp3) is 0.318. The minimum Gasteiger partial charge on any atom is -0.461 e. The van der Waals surface area contributed by atoms with Gasteiger partial charge in [-0.15, -0.1) is 0 Å². The van der Waals surface area contributed by atoms with Crippen LogP contribution in [0.1, 0.15) is 49.9 Å². The van der Waals surface area contributed by atoms with Crippen LogP contribution in [0.5, 0.6) is 0 Å². The van der Waals surface area contributed by atoms with Crippen molar-refractivity contribution < 1.29 is 18.7 Å². The predicted molar refractivity (Wildman–Crippen MR) is 108 cm³/mol. The van der Waals surface area contributed by atoms with Gasteiger partial charge in [0.05, 0.1) is 6.21 Å². The van der Waals surface area contributed by atoms with Crippen LogP contribution in [-0.4, -0.2) is 18.6 Å². The topological polar surface area (TPSA) is 67.8 Å². The van der Waals surface area contributed by atoms with Gasteiger partial charge in [-0.1, -0.05) is 39.0 Å². The normalized spacial score (nSPS) is 11.5. The lowest BCUT2D eigenvalue weighted by Crippen LogP contribution is -2.13. The van der Waals surface area contributed by atoms with Gasteiger partial charge < -0.3 is 4.74 Å². The summed E-state index contributed by atoms with van der Waals surface area (Å²) in [6, 6.07) is 8.85. The summed E-state index contributed by atoms with van der Waals surface area (Å²) < 4.78 is 20.5. The molecule has 0 aromatic heterocycles. The lowest BCUT2D eigenvalue weighted by Gasteiger charge is -2.22. The number of rotatable bonds is 6. The third kappa shape index (κ3) is 5.03. The Morgan fingerprint density at radius 1 is 1.29 bits per heavy atom. The average Bonchev–Trinajstić information content (AvgIpc) is 2.59. The number of hydrogen-bond donors (Lipinski definition) is 1. The maximum atomic E-state index is 15.3. The Bertz CT molecular complexity index is 915. The van der Waals surface area contributed by atoms with Crippen molar-refractivity contribution in [3.05, 3.63) is 58.4 Å². The van der Waals surface area contributed by atoms with Crippen LogP contribution in [-0.2, 0) is 26.3 Å². The van der Waals surface area contributed by atoms with Crippen molar-refractivity contribution in [1.82, 2.24) is 5.43 Å². The minimum atomic E-state index is -0.408. The monoisotopic (exact) mass is 384 g/mol. The predicted octanol–water partition coefficient (Wildman–Crippen LogP) is 4.24. The van der Waals surface area contributed by atoms with Gasteiger partial charge in [-0.05, 0) is 41.2 Å². The van der Waals surface area contributed by atoms with Gasteiger partial charge in [-0.3, -0.25) is 9.59 Å². The highest BCUT2D eigenvalue weighted by Crippen LogP contribution is 2.35. The van der Waals surface area contributed by atoms with Crippen molar-refractivity contribution in [2.75, 3.05) is 0 Å². The molecule has 0 heterocycles. The molecule has 2 aromatic carbocycles. The molecule has 0 bridgehead atoms. The second-order valence-electron chi connectivity index (χ2n) is 7.56. The molecule has 148 valence electrons. The zero-order chi connectivity index (χ0) is 20.9. The quantitative estimate of drug-likeness (QED) is 0.351. The van der Waals surface area contributed by atoms with Gasteiger partial charge in [-0.25, -0.2) is 9.82 Å². The van der Waals surface area contributed by atoms with Gasteiger partial charge in [-0.2, -0.15) is 5.10 Å². The zero-order valence-electron chi connectivity index (χ0n) is 16.8. The number of halogens is 1. The molecule has 0 saturated carbocycles. The minimum absolute atomic E-state index is 0.0426. The van der Waals surface area contributed by atoms with Crippen LogP contribution < -0.4 is 5.43 Å². The molecule has 0 radical (unpaired) electrons. The van der Waals surface area contributed by atoms with Gasteiger partial charge in [0, 0.05) is 23.6 Å². The second kappa shape index (κ2) is 8.78. The van der Waals surface area contributed by atoms with Crippen LogP contribution in [0.2, 0.25) is 0 Å². The van der Waals surface area contributed by atoms with Crippen molar-refractivity contribution in [3.63, 3.8) is 0 Å². The van der Waals surface area contributed by atoms with Crippen LogP contribution in [0.25, 0.3) is 11.1 Å². The van der Waals surface area contributed by atoms with Crippen LogP contribution in [0, 0.1) is 12.7 Å². The molecular formula is C22H25FN2O3. The fourth-order valence-electron chi connectivity index (χ4n) is 2.89. The largest absolute Gasteiger partial charge is 0.461 e. The van der Waals surface area contributed by atoms with Gasteiger partial charge >= 0.3 is 5.97 Å². The number of hydrazone groups is 1. The summed E-state index contributed by atoms with van der Waals surface area (Å²) in [5.41, 5.74) is 5.83. The summed E-state index contributed by atoms with van der Waals surface area (Å²) in [6.07, 6.45) is 1.86. The maximum Gasteiger partial charge on any atom is 0.302 e. The Kier molecular flexibility index (Phi) is 6.67. The van der Waals surface area contributed by atoms with Crippen LogP contribution in [0.4, 0.5) is 4.39 Å². The summed E-state index contributed by atoms with van der Waals surface area (Å²) in [5, 5.41) is 3.84. The molecule has 0 unspecified atom stereocenters. The first-order valence-corrected chi connectivity index (χ1v) is 8.93. The maximum absolute atomic E-state index is 15.3. The van der Waals surface area contributed by atoms with E-state index in [0.717, 1.165) is 16.7 Å². The Labute approximate surface area is 164 Å². The number of hydrogen-bond acceptors (Lipinski definition) is 4. The van der Waals surface area contributed by atoms with E-state index in [9.17, 15) is 9.59 Å². The Morgan fingerprint density at radius 2 is 2.00 bits per heavy atom. The third-order valence-corrected chi connectivity index (χ3v) is 4.42. The van der Waals surface area contributed by atoms with E-state index in [0.29, 0.717) is 23.1 Å². The second-order valence-corrected chi connectivity index (χ2v) is 7.56. The number of nitrogens with zero attached hydrogens (tertiary/aromatic N) is 1. The van der Waals surface area contributed by atoms with E-state index in [2.05, 4.69) is 10.5 Å². The molecule has 28 heavy (non-hydrogen) atoms. The van der Waals surface area contributed by atoms with Crippen molar-refractivity contribution in [1.29, 1.82) is 0 Å². The van der Waals surface area contributed by atoms with E-state index in [1.54, 1.807) is 6.07 Å². The van der Waals surface area contributed by atoms with Crippen molar-refractivity contribution >= 4 is 18.6 Å². The van der Waals surface area contributed by atoms with Gasteiger partial charge in [0.15, 0.2) is 0 Å². The summed E-state index contributed by atoms with van der Waals surface area (Å²) in [4.78, 5) is 21.8. The molecule has 2 rings (SSSR count). The molecule has 0 spiro atoms. The van der Waals surface area contributed by atoms with E-state index in [1.807, 2.05) is 45.9 Å². The SMILES string of the molecule is CC(=O)OCc1c(C)cccc1-c1c(F)cc(C(C)(C)C)cc1/C=N\NC=O. The zero-order valence-corrected chi connectivity index (χ0v) is 16.8. The number of benzene rings is 2. The molecule has 2 aromatic rings. The standard InChI is InChI=1S/C22H25FN2O3/c1-14-7-6-8-18(19(14)12-28-15(2)27)21-16(11-24-25-13-26)9-17(10-20(21)23)22(3,4)5/h6-11,13H,12H2,1-5H3,(H,25,26)/b24-11-. The number of ether oxygens (including phenoxy) is 1. The van der Waals surface area contributed by atoms with E-state index >= 15 is 4.39 Å². The first kappa shape index (κ1) is 21.3. The molecule has 1 N–H and O–H groups in total. The summed E-state index contributed by atoms with van der Waals surface area (Å²) in [7, 11) is 0. The van der Waals surface area contributed by atoms with Crippen molar-refractivity contribution in [3.8, 4) is 11.1 Å². The fourth-order valence-corrected chi connectivity index (χ4v) is 2.89. The van der Waals surface area contributed by atoms with Gasteiger partial charge in [0.25, 0.3) is 0 Å². The molecule has 6 heteroatoms. The Hall–Kier alpha value is -3.02. The summed E-state index contributed by atoms with van der Waals surface area (Å²) in [6.45, 7) is 9.23. The Balaban J connectivity index is 2.72. The van der Waals surface area contributed by atoms with Crippen molar-refractivity contribution in [2.24, 2.45) is 5.10 Å². The highest BCUT2D eigenvalue weighted by Gasteiger charge is 2.21. The van der Waals surface area contributed by atoms with E-state index in [1.165, 1.54) is 19.2 Å². The van der Waals surface area contributed by atoms with Crippen LogP contribution in [0.3, 0.4) is 0 Å². The summed E-state index contributed by atoms with van der Waals surface area (Å²) >= 11 is 0. The molecule has 0 fully saturated rings. The highest BCUT2D eigenvalue weighted by atomic mass is 19.1.